The molecule has 2 fully saturated rings. The number of hydrogen-bond donors (Lipinski definition) is 1. The third-order valence-electron chi connectivity index (χ3n) is 5.43. The molecule has 5 nitrogen and oxygen atoms in total. The summed E-state index contributed by atoms with van der Waals surface area (Å²) in [5.41, 5.74) is 1.99. The molecule has 0 unspecified atom stereocenters. The monoisotopic (exact) mass is 363 g/mol. The smallest absolute Gasteiger partial charge is 0.251 e. The Bertz CT molecular complexity index is 786. The van der Waals surface area contributed by atoms with Gasteiger partial charge in [-0.3, -0.25) is 14.5 Å². The minimum absolute atomic E-state index is 0.120. The highest BCUT2D eigenvalue weighted by atomic mass is 16.2. The van der Waals surface area contributed by atoms with E-state index in [4.69, 9.17) is 0 Å². The highest BCUT2D eigenvalue weighted by Crippen LogP contribution is 2.24. The number of carbonyl (C=O) groups is 2. The van der Waals surface area contributed by atoms with Crippen molar-refractivity contribution in [1.82, 2.24) is 10.2 Å². The molecule has 4 rings (SSSR count). The number of para-hydroxylation sites is 1. The fraction of sp³-hybridized carbons (Fsp3) is 0.364. The standard InChI is InChI=1S/C22H25N3O2/c26-21-15-20(22(27)25(21)19-9-5-2-6-10-19)23-18-11-13-24(14-12-18)16-17-7-3-1-4-8-17/h1-10,18,20,23H,11-16H2/t20-/m1/s1. The molecule has 27 heavy (non-hydrogen) atoms. The van der Waals surface area contributed by atoms with Crippen LogP contribution in [0.3, 0.4) is 0 Å². The van der Waals surface area contributed by atoms with E-state index in [1.54, 1.807) is 12.1 Å². The quantitative estimate of drug-likeness (QED) is 0.830. The lowest BCUT2D eigenvalue weighted by Crippen LogP contribution is -2.48. The molecule has 0 bridgehead atoms. The molecule has 0 aliphatic carbocycles. The minimum Gasteiger partial charge on any atom is -0.303 e. The van der Waals surface area contributed by atoms with E-state index in [0.29, 0.717) is 5.69 Å². The third kappa shape index (κ3) is 4.10. The number of imide groups is 1. The Morgan fingerprint density at radius 1 is 0.889 bits per heavy atom. The van der Waals surface area contributed by atoms with Crippen molar-refractivity contribution in [3.05, 3.63) is 66.2 Å². The topological polar surface area (TPSA) is 52.7 Å². The molecule has 2 aliphatic heterocycles. The summed E-state index contributed by atoms with van der Waals surface area (Å²) >= 11 is 0. The first-order chi connectivity index (χ1) is 13.2. The van der Waals surface area contributed by atoms with Gasteiger partial charge in [0.25, 0.3) is 5.91 Å². The van der Waals surface area contributed by atoms with Gasteiger partial charge in [-0.05, 0) is 43.6 Å². The second kappa shape index (κ2) is 8.03. The van der Waals surface area contributed by atoms with Gasteiger partial charge >= 0.3 is 0 Å². The first kappa shape index (κ1) is 17.9. The van der Waals surface area contributed by atoms with Gasteiger partial charge in [-0.25, -0.2) is 4.90 Å². The average molecular weight is 363 g/mol. The van der Waals surface area contributed by atoms with Gasteiger partial charge in [0.2, 0.25) is 5.91 Å². The van der Waals surface area contributed by atoms with E-state index < -0.39 is 6.04 Å². The van der Waals surface area contributed by atoms with Gasteiger partial charge in [0.1, 0.15) is 0 Å². The molecule has 5 heteroatoms. The molecule has 1 N–H and O–H groups in total. The summed E-state index contributed by atoms with van der Waals surface area (Å²) < 4.78 is 0. The van der Waals surface area contributed by atoms with Crippen LogP contribution >= 0.6 is 0 Å². The number of anilines is 1. The van der Waals surface area contributed by atoms with Crippen molar-refractivity contribution in [3.63, 3.8) is 0 Å². The second-order valence-electron chi connectivity index (χ2n) is 7.36. The minimum atomic E-state index is -0.400. The maximum Gasteiger partial charge on any atom is 0.251 e. The zero-order valence-electron chi connectivity index (χ0n) is 15.4. The Hall–Kier alpha value is -2.50. The van der Waals surface area contributed by atoms with Crippen molar-refractivity contribution in [2.24, 2.45) is 0 Å². The Morgan fingerprint density at radius 2 is 1.52 bits per heavy atom. The van der Waals surface area contributed by atoms with E-state index in [2.05, 4.69) is 34.5 Å². The van der Waals surface area contributed by atoms with Crippen LogP contribution in [0, 0.1) is 0 Å². The summed E-state index contributed by atoms with van der Waals surface area (Å²) in [6, 6.07) is 19.6. The highest BCUT2D eigenvalue weighted by Gasteiger charge is 2.40. The molecule has 0 saturated carbocycles. The van der Waals surface area contributed by atoms with Crippen LogP contribution in [-0.2, 0) is 16.1 Å². The predicted octanol–water partition coefficient (Wildman–Crippen LogP) is 2.57. The van der Waals surface area contributed by atoms with E-state index in [1.165, 1.54) is 10.5 Å². The van der Waals surface area contributed by atoms with Crippen LogP contribution in [0.2, 0.25) is 0 Å². The number of carbonyl (C=O) groups excluding carboxylic acids is 2. The highest BCUT2D eigenvalue weighted by molar-refractivity contribution is 6.22. The van der Waals surface area contributed by atoms with Gasteiger partial charge in [0.05, 0.1) is 18.2 Å². The van der Waals surface area contributed by atoms with E-state index in [1.807, 2.05) is 24.3 Å². The van der Waals surface area contributed by atoms with Crippen LogP contribution in [0.15, 0.2) is 60.7 Å². The Kier molecular flexibility index (Phi) is 5.32. The number of nitrogens with one attached hydrogen (secondary N) is 1. The Balaban J connectivity index is 1.30. The van der Waals surface area contributed by atoms with E-state index in [0.717, 1.165) is 32.5 Å². The van der Waals surface area contributed by atoms with E-state index in [9.17, 15) is 9.59 Å². The molecular weight excluding hydrogens is 338 g/mol. The maximum atomic E-state index is 12.7. The number of piperidine rings is 1. The number of nitrogens with zero attached hydrogens (tertiary/aromatic N) is 2. The van der Waals surface area contributed by atoms with Crippen molar-refractivity contribution in [1.29, 1.82) is 0 Å². The van der Waals surface area contributed by atoms with Gasteiger partial charge in [-0.1, -0.05) is 48.5 Å². The molecule has 2 aliphatic rings. The average Bonchev–Trinajstić information content (AvgIpc) is 2.98. The zero-order chi connectivity index (χ0) is 18.6. The lowest BCUT2D eigenvalue weighted by molar-refractivity contribution is -0.121. The van der Waals surface area contributed by atoms with Gasteiger partial charge in [-0.2, -0.15) is 0 Å². The lowest BCUT2D eigenvalue weighted by atomic mass is 10.0. The molecule has 1 atom stereocenters. The van der Waals surface area contributed by atoms with E-state index in [-0.39, 0.29) is 24.3 Å². The maximum absolute atomic E-state index is 12.7. The van der Waals surface area contributed by atoms with E-state index >= 15 is 0 Å². The fourth-order valence-electron chi connectivity index (χ4n) is 3.99. The van der Waals surface area contributed by atoms with Gasteiger partial charge in [0, 0.05) is 12.6 Å². The van der Waals surface area contributed by atoms with Crippen LogP contribution in [0.4, 0.5) is 5.69 Å². The molecular formula is C22H25N3O2. The Labute approximate surface area is 160 Å². The van der Waals surface area contributed by atoms with Crippen molar-refractivity contribution in [3.8, 4) is 0 Å². The summed E-state index contributed by atoms with van der Waals surface area (Å²) in [5.74, 6) is -0.247. The molecule has 0 aromatic heterocycles. The van der Waals surface area contributed by atoms with Crippen molar-refractivity contribution in [2.75, 3.05) is 18.0 Å². The van der Waals surface area contributed by atoms with Crippen LogP contribution in [0.25, 0.3) is 0 Å². The van der Waals surface area contributed by atoms with Crippen LogP contribution in [0.5, 0.6) is 0 Å². The summed E-state index contributed by atoms with van der Waals surface area (Å²) in [6.07, 6.45) is 2.24. The summed E-state index contributed by atoms with van der Waals surface area (Å²) in [5, 5.41) is 3.44. The number of hydrogen-bond acceptors (Lipinski definition) is 4. The molecule has 2 heterocycles. The number of amides is 2. The normalized spacial score (nSPS) is 21.8. The zero-order valence-corrected chi connectivity index (χ0v) is 15.4. The lowest BCUT2D eigenvalue weighted by Gasteiger charge is -2.33. The van der Waals surface area contributed by atoms with Crippen molar-refractivity contribution in [2.45, 2.75) is 37.9 Å². The van der Waals surface area contributed by atoms with Crippen LogP contribution in [0.1, 0.15) is 24.8 Å². The molecule has 140 valence electrons. The molecule has 0 radical (unpaired) electrons. The van der Waals surface area contributed by atoms with Gasteiger partial charge in [-0.15, -0.1) is 0 Å². The number of rotatable bonds is 5. The first-order valence-electron chi connectivity index (χ1n) is 9.65. The van der Waals surface area contributed by atoms with Gasteiger partial charge in [0.15, 0.2) is 0 Å². The summed E-state index contributed by atoms with van der Waals surface area (Å²) in [6.45, 7) is 2.98. The first-order valence-corrected chi connectivity index (χ1v) is 9.65. The largest absolute Gasteiger partial charge is 0.303 e. The Morgan fingerprint density at radius 3 is 2.19 bits per heavy atom. The van der Waals surface area contributed by atoms with Gasteiger partial charge < -0.3 is 5.32 Å². The van der Waals surface area contributed by atoms with Crippen LogP contribution < -0.4 is 10.2 Å². The van der Waals surface area contributed by atoms with Crippen molar-refractivity contribution < 1.29 is 9.59 Å². The van der Waals surface area contributed by atoms with Crippen LogP contribution in [-0.4, -0.2) is 41.9 Å². The summed E-state index contributed by atoms with van der Waals surface area (Å²) in [7, 11) is 0. The molecule has 0 spiro atoms. The predicted molar refractivity (Wildman–Crippen MR) is 105 cm³/mol. The number of benzene rings is 2. The molecule has 2 aromatic rings. The summed E-state index contributed by atoms with van der Waals surface area (Å²) in [4.78, 5) is 28.8. The second-order valence-corrected chi connectivity index (χ2v) is 7.36. The number of likely N-dealkylation sites (tertiary alicyclic amines) is 1. The third-order valence-corrected chi connectivity index (χ3v) is 5.43. The molecule has 2 amide bonds. The van der Waals surface area contributed by atoms with Crippen molar-refractivity contribution >= 4 is 17.5 Å². The SMILES string of the molecule is O=C1C[C@@H](NC2CCN(Cc3ccccc3)CC2)C(=O)N1c1ccccc1. The fourth-order valence-corrected chi connectivity index (χ4v) is 3.99. The molecule has 2 saturated heterocycles. The molecule has 2 aromatic carbocycles.